The van der Waals surface area contributed by atoms with Crippen molar-refractivity contribution in [3.05, 3.63) is 52.3 Å². The van der Waals surface area contributed by atoms with Gasteiger partial charge < -0.3 is 10.0 Å². The van der Waals surface area contributed by atoms with Gasteiger partial charge in [0.1, 0.15) is 6.04 Å². The molecule has 2 aromatic rings. The molecule has 0 unspecified atom stereocenters. The molecule has 2 heterocycles. The van der Waals surface area contributed by atoms with E-state index in [1.54, 1.807) is 0 Å². The lowest BCUT2D eigenvalue weighted by Gasteiger charge is -2.32. The van der Waals surface area contributed by atoms with Crippen molar-refractivity contribution in [2.45, 2.75) is 25.3 Å². The summed E-state index contributed by atoms with van der Waals surface area (Å²) < 4.78 is 1.43. The van der Waals surface area contributed by atoms with E-state index in [-0.39, 0.29) is 17.2 Å². The van der Waals surface area contributed by atoms with Gasteiger partial charge in [-0.1, -0.05) is 0 Å². The minimum Gasteiger partial charge on any atom is -0.480 e. The average Bonchev–Trinajstić information content (AvgIpc) is 3.11. The van der Waals surface area contributed by atoms with Crippen LogP contribution < -0.4 is 0 Å². The van der Waals surface area contributed by atoms with Gasteiger partial charge >= 0.3 is 5.97 Å². The Morgan fingerprint density at radius 1 is 1.24 bits per heavy atom. The van der Waals surface area contributed by atoms with Gasteiger partial charge in [-0.05, 0) is 31.4 Å². The molecule has 1 atom stereocenters. The number of carbonyl (C=O) groups excluding carboxylic acids is 1. The second-order valence-corrected chi connectivity index (χ2v) is 5.80. The molecule has 1 aliphatic heterocycles. The van der Waals surface area contributed by atoms with Crippen LogP contribution in [0.25, 0.3) is 5.69 Å². The van der Waals surface area contributed by atoms with Crippen LogP contribution in [-0.2, 0) is 4.79 Å². The molecule has 1 amide bonds. The van der Waals surface area contributed by atoms with E-state index in [0.29, 0.717) is 18.7 Å². The van der Waals surface area contributed by atoms with Crippen molar-refractivity contribution in [1.82, 2.24) is 14.7 Å². The van der Waals surface area contributed by atoms with E-state index in [2.05, 4.69) is 5.10 Å². The Kier molecular flexibility index (Phi) is 4.46. The molecule has 9 nitrogen and oxygen atoms in total. The third kappa shape index (κ3) is 3.35. The van der Waals surface area contributed by atoms with Gasteiger partial charge in [-0.2, -0.15) is 5.10 Å². The number of non-ortho nitro benzene ring substituents is 1. The fraction of sp³-hybridized carbons (Fsp3) is 0.312. The van der Waals surface area contributed by atoms with Gasteiger partial charge in [0.05, 0.1) is 22.4 Å². The minimum absolute atomic E-state index is 0.0372. The van der Waals surface area contributed by atoms with Crippen LogP contribution in [0.4, 0.5) is 5.69 Å². The Hall–Kier alpha value is -3.23. The van der Waals surface area contributed by atoms with Crippen LogP contribution >= 0.6 is 0 Å². The molecule has 1 N–H and O–H groups in total. The normalized spacial score (nSPS) is 17.3. The number of carbonyl (C=O) groups is 2. The summed E-state index contributed by atoms with van der Waals surface area (Å²) in [5.74, 6) is -1.38. The summed E-state index contributed by atoms with van der Waals surface area (Å²) in [6.45, 7) is 0.401. The number of carboxylic acids is 1. The van der Waals surface area contributed by atoms with Crippen molar-refractivity contribution in [3.8, 4) is 5.69 Å². The zero-order valence-corrected chi connectivity index (χ0v) is 13.2. The van der Waals surface area contributed by atoms with E-state index in [1.165, 1.54) is 46.2 Å². The van der Waals surface area contributed by atoms with Crippen LogP contribution in [0, 0.1) is 10.1 Å². The Balaban J connectivity index is 1.81. The summed E-state index contributed by atoms with van der Waals surface area (Å²) in [4.78, 5) is 35.5. The smallest absolute Gasteiger partial charge is 0.326 e. The summed E-state index contributed by atoms with van der Waals surface area (Å²) in [6.07, 6.45) is 4.86. The summed E-state index contributed by atoms with van der Waals surface area (Å²) in [5, 5.41) is 24.1. The van der Waals surface area contributed by atoms with E-state index in [9.17, 15) is 24.8 Å². The highest BCUT2D eigenvalue weighted by Gasteiger charge is 2.32. The number of aromatic nitrogens is 2. The highest BCUT2D eigenvalue weighted by molar-refractivity contribution is 5.96. The second kappa shape index (κ2) is 6.71. The number of nitro benzene ring substituents is 1. The third-order valence-electron chi connectivity index (χ3n) is 4.20. The molecule has 0 saturated carbocycles. The van der Waals surface area contributed by atoms with Gasteiger partial charge in [-0.3, -0.25) is 14.9 Å². The first-order valence-corrected chi connectivity index (χ1v) is 7.80. The molecule has 3 rings (SSSR count). The van der Waals surface area contributed by atoms with Crippen LogP contribution in [0.5, 0.6) is 0 Å². The van der Waals surface area contributed by atoms with Crippen molar-refractivity contribution in [3.63, 3.8) is 0 Å². The number of nitrogens with zero attached hydrogens (tertiary/aromatic N) is 4. The fourth-order valence-electron chi connectivity index (χ4n) is 2.90. The molecule has 1 aliphatic rings. The van der Waals surface area contributed by atoms with E-state index in [0.717, 1.165) is 12.8 Å². The molecule has 1 fully saturated rings. The van der Waals surface area contributed by atoms with Crippen molar-refractivity contribution >= 4 is 17.6 Å². The molecule has 25 heavy (non-hydrogen) atoms. The molecule has 0 spiro atoms. The van der Waals surface area contributed by atoms with Crippen LogP contribution in [0.3, 0.4) is 0 Å². The number of amides is 1. The number of likely N-dealkylation sites (tertiary alicyclic amines) is 1. The van der Waals surface area contributed by atoms with Gasteiger partial charge in [0.25, 0.3) is 11.6 Å². The van der Waals surface area contributed by atoms with Gasteiger partial charge in [-0.25, -0.2) is 9.48 Å². The summed E-state index contributed by atoms with van der Waals surface area (Å²) in [5.41, 5.74) is 0.814. The quantitative estimate of drug-likeness (QED) is 0.668. The van der Waals surface area contributed by atoms with Crippen LogP contribution in [-0.4, -0.2) is 49.2 Å². The molecule has 0 aliphatic carbocycles. The number of nitro groups is 1. The number of piperidine rings is 1. The van der Waals surface area contributed by atoms with Gasteiger partial charge in [0.2, 0.25) is 0 Å². The van der Waals surface area contributed by atoms with E-state index >= 15 is 0 Å². The van der Waals surface area contributed by atoms with Crippen LogP contribution in [0.15, 0.2) is 36.7 Å². The standard InChI is InChI=1S/C16H16N4O5/c21-15(18-8-2-1-3-14(18)16(22)23)11-9-17-19(10-11)12-4-6-13(7-5-12)20(24)25/h4-7,9-10,14H,1-3,8H2,(H,22,23)/t14-/m1/s1. The number of carboxylic acid groups (broad SMARTS) is 1. The molecule has 1 saturated heterocycles. The second-order valence-electron chi connectivity index (χ2n) is 5.80. The van der Waals surface area contributed by atoms with Crippen molar-refractivity contribution in [2.24, 2.45) is 0 Å². The van der Waals surface area contributed by atoms with Gasteiger partial charge in [0.15, 0.2) is 0 Å². The molecule has 130 valence electrons. The highest BCUT2D eigenvalue weighted by atomic mass is 16.6. The predicted molar refractivity (Wildman–Crippen MR) is 86.5 cm³/mol. The van der Waals surface area contributed by atoms with Crippen molar-refractivity contribution in [2.75, 3.05) is 6.54 Å². The molecule has 9 heteroatoms. The molecule has 1 aromatic heterocycles. The lowest BCUT2D eigenvalue weighted by atomic mass is 10.0. The molecule has 1 aromatic carbocycles. The number of aliphatic carboxylic acids is 1. The Bertz CT molecular complexity index is 814. The zero-order chi connectivity index (χ0) is 18.0. The topological polar surface area (TPSA) is 119 Å². The SMILES string of the molecule is O=C(O)[C@H]1CCCCN1C(=O)c1cnn(-c2ccc([N+](=O)[O-])cc2)c1. The first-order chi connectivity index (χ1) is 12.0. The number of hydrogen-bond acceptors (Lipinski definition) is 5. The van der Waals surface area contributed by atoms with E-state index < -0.39 is 16.9 Å². The summed E-state index contributed by atoms with van der Waals surface area (Å²) in [7, 11) is 0. The molecular formula is C16H16N4O5. The Morgan fingerprint density at radius 3 is 2.60 bits per heavy atom. The maximum absolute atomic E-state index is 12.6. The lowest BCUT2D eigenvalue weighted by molar-refractivity contribution is -0.384. The average molecular weight is 344 g/mol. The van der Waals surface area contributed by atoms with E-state index in [1.807, 2.05) is 0 Å². The third-order valence-corrected chi connectivity index (χ3v) is 4.20. The first-order valence-electron chi connectivity index (χ1n) is 7.80. The number of hydrogen-bond donors (Lipinski definition) is 1. The fourth-order valence-corrected chi connectivity index (χ4v) is 2.90. The molecule has 0 bridgehead atoms. The van der Waals surface area contributed by atoms with Crippen molar-refractivity contribution < 1.29 is 19.6 Å². The maximum Gasteiger partial charge on any atom is 0.326 e. The van der Waals surface area contributed by atoms with Gasteiger partial charge in [0, 0.05) is 24.9 Å². The van der Waals surface area contributed by atoms with Crippen LogP contribution in [0.1, 0.15) is 29.6 Å². The number of benzene rings is 1. The van der Waals surface area contributed by atoms with Crippen LogP contribution in [0.2, 0.25) is 0 Å². The highest BCUT2D eigenvalue weighted by Crippen LogP contribution is 2.21. The van der Waals surface area contributed by atoms with Crippen molar-refractivity contribution in [1.29, 1.82) is 0 Å². The summed E-state index contributed by atoms with van der Waals surface area (Å²) >= 11 is 0. The zero-order valence-electron chi connectivity index (χ0n) is 13.2. The van der Waals surface area contributed by atoms with E-state index in [4.69, 9.17) is 0 Å². The lowest BCUT2D eigenvalue weighted by Crippen LogP contribution is -2.47. The minimum atomic E-state index is -1.00. The largest absolute Gasteiger partial charge is 0.480 e. The molecular weight excluding hydrogens is 328 g/mol. The van der Waals surface area contributed by atoms with Gasteiger partial charge in [-0.15, -0.1) is 0 Å². The Labute approximate surface area is 142 Å². The molecule has 0 radical (unpaired) electrons. The maximum atomic E-state index is 12.6. The number of rotatable bonds is 4. The monoisotopic (exact) mass is 344 g/mol. The Morgan fingerprint density at radius 2 is 1.96 bits per heavy atom. The first kappa shape index (κ1) is 16.6. The summed E-state index contributed by atoms with van der Waals surface area (Å²) in [6, 6.07) is 4.94. The predicted octanol–water partition coefficient (Wildman–Crippen LogP) is 1.86.